The SMILES string of the molecule is O=C(CN1CC=CC=C1C1=CCNCC1)Nc1cc(C(F)(F)F)ccc1Cl. The van der Waals surface area contributed by atoms with Gasteiger partial charge in [0.2, 0.25) is 5.91 Å². The highest BCUT2D eigenvalue weighted by atomic mass is 35.5. The lowest BCUT2D eigenvalue weighted by Crippen LogP contribution is -2.35. The zero-order chi connectivity index (χ0) is 19.4. The number of anilines is 1. The Morgan fingerprint density at radius 3 is 2.85 bits per heavy atom. The molecule has 0 saturated heterocycles. The quantitative estimate of drug-likeness (QED) is 0.808. The predicted octanol–water partition coefficient (Wildman–Crippen LogP) is 3.97. The minimum absolute atomic E-state index is 0.0213. The molecule has 8 heteroatoms. The number of halogens is 4. The predicted molar refractivity (Wildman–Crippen MR) is 99.4 cm³/mol. The highest BCUT2D eigenvalue weighted by Crippen LogP contribution is 2.34. The monoisotopic (exact) mass is 397 g/mol. The lowest BCUT2D eigenvalue weighted by molar-refractivity contribution is -0.137. The normalized spacial score (nSPS) is 17.4. The van der Waals surface area contributed by atoms with Crippen molar-refractivity contribution >= 4 is 23.2 Å². The zero-order valence-corrected chi connectivity index (χ0v) is 15.2. The lowest BCUT2D eigenvalue weighted by atomic mass is 10.0. The van der Waals surface area contributed by atoms with Crippen molar-refractivity contribution in [1.29, 1.82) is 0 Å². The Morgan fingerprint density at radius 1 is 1.33 bits per heavy atom. The molecule has 1 aromatic carbocycles. The van der Waals surface area contributed by atoms with Gasteiger partial charge in [0.05, 0.1) is 22.8 Å². The third kappa shape index (κ3) is 4.93. The molecule has 3 rings (SSSR count). The van der Waals surface area contributed by atoms with Crippen LogP contribution >= 0.6 is 11.6 Å². The van der Waals surface area contributed by atoms with Gasteiger partial charge in [-0.15, -0.1) is 0 Å². The fourth-order valence-corrected chi connectivity index (χ4v) is 3.19. The third-order valence-corrected chi connectivity index (χ3v) is 4.68. The van der Waals surface area contributed by atoms with Crippen molar-refractivity contribution in [2.75, 3.05) is 31.5 Å². The van der Waals surface area contributed by atoms with Crippen LogP contribution in [-0.2, 0) is 11.0 Å². The van der Waals surface area contributed by atoms with Crippen molar-refractivity contribution in [1.82, 2.24) is 10.2 Å². The van der Waals surface area contributed by atoms with E-state index in [4.69, 9.17) is 11.6 Å². The topological polar surface area (TPSA) is 44.4 Å². The van der Waals surface area contributed by atoms with Gasteiger partial charge in [-0.2, -0.15) is 13.2 Å². The molecule has 2 aliphatic rings. The molecule has 2 aliphatic heterocycles. The number of allylic oxidation sites excluding steroid dienone is 3. The Hall–Kier alpha value is -2.25. The molecule has 0 atom stereocenters. The highest BCUT2D eigenvalue weighted by Gasteiger charge is 2.31. The number of rotatable bonds is 4. The Labute approximate surface area is 160 Å². The van der Waals surface area contributed by atoms with Crippen LogP contribution in [0, 0.1) is 0 Å². The number of nitrogens with zero attached hydrogens (tertiary/aromatic N) is 1. The van der Waals surface area contributed by atoms with Crippen molar-refractivity contribution < 1.29 is 18.0 Å². The Bertz CT molecular complexity index is 815. The Morgan fingerprint density at radius 2 is 2.15 bits per heavy atom. The van der Waals surface area contributed by atoms with Gasteiger partial charge in [0.25, 0.3) is 0 Å². The molecule has 2 heterocycles. The standard InChI is InChI=1S/C19H19ClF3N3O/c20-15-5-4-14(19(21,22)23)11-16(15)25-18(27)12-26-10-2-1-3-17(26)13-6-8-24-9-7-13/h1-6,11,24H,7-10,12H2,(H,25,27). The summed E-state index contributed by atoms with van der Waals surface area (Å²) < 4.78 is 38.6. The molecule has 0 bridgehead atoms. The minimum atomic E-state index is -4.50. The molecular weight excluding hydrogens is 379 g/mol. The molecule has 2 N–H and O–H groups in total. The van der Waals surface area contributed by atoms with Crippen LogP contribution in [0.4, 0.5) is 18.9 Å². The van der Waals surface area contributed by atoms with Gasteiger partial charge in [0, 0.05) is 18.8 Å². The summed E-state index contributed by atoms with van der Waals surface area (Å²) in [5.74, 6) is -0.424. The van der Waals surface area contributed by atoms with E-state index in [1.807, 2.05) is 23.1 Å². The number of carbonyl (C=O) groups excluding carboxylic acids is 1. The van der Waals surface area contributed by atoms with Gasteiger partial charge < -0.3 is 15.5 Å². The van der Waals surface area contributed by atoms with Crippen LogP contribution in [0.25, 0.3) is 0 Å². The largest absolute Gasteiger partial charge is 0.416 e. The van der Waals surface area contributed by atoms with Crippen LogP contribution in [0.5, 0.6) is 0 Å². The molecule has 0 unspecified atom stereocenters. The van der Waals surface area contributed by atoms with Crippen LogP contribution in [0.2, 0.25) is 5.02 Å². The van der Waals surface area contributed by atoms with E-state index in [1.165, 1.54) is 0 Å². The molecule has 0 radical (unpaired) electrons. The summed E-state index contributed by atoms with van der Waals surface area (Å²) in [5, 5.41) is 5.80. The van der Waals surface area contributed by atoms with Gasteiger partial charge >= 0.3 is 6.18 Å². The van der Waals surface area contributed by atoms with E-state index in [1.54, 1.807) is 0 Å². The van der Waals surface area contributed by atoms with E-state index in [-0.39, 0.29) is 17.3 Å². The van der Waals surface area contributed by atoms with Crippen molar-refractivity contribution in [3.63, 3.8) is 0 Å². The van der Waals surface area contributed by atoms with Crippen LogP contribution < -0.4 is 10.6 Å². The van der Waals surface area contributed by atoms with Crippen molar-refractivity contribution in [3.8, 4) is 0 Å². The van der Waals surface area contributed by atoms with E-state index in [2.05, 4.69) is 16.7 Å². The molecule has 1 aromatic rings. The summed E-state index contributed by atoms with van der Waals surface area (Å²) in [6, 6.07) is 2.87. The summed E-state index contributed by atoms with van der Waals surface area (Å²) in [4.78, 5) is 14.3. The second kappa shape index (κ2) is 8.19. The van der Waals surface area contributed by atoms with Gasteiger partial charge in [0.1, 0.15) is 0 Å². The van der Waals surface area contributed by atoms with Crippen molar-refractivity contribution in [2.45, 2.75) is 12.6 Å². The first-order chi connectivity index (χ1) is 12.8. The fourth-order valence-electron chi connectivity index (χ4n) is 3.03. The molecule has 0 spiro atoms. The second-order valence-electron chi connectivity index (χ2n) is 6.28. The maximum absolute atomic E-state index is 12.9. The van der Waals surface area contributed by atoms with Crippen LogP contribution in [0.1, 0.15) is 12.0 Å². The molecule has 0 saturated carbocycles. The molecule has 144 valence electrons. The maximum Gasteiger partial charge on any atom is 0.416 e. The summed E-state index contributed by atoms with van der Waals surface area (Å²) in [6.07, 6.45) is 4.26. The number of amides is 1. The number of carbonyl (C=O) groups is 1. The van der Waals surface area contributed by atoms with E-state index in [0.29, 0.717) is 6.54 Å². The number of alkyl halides is 3. The summed E-state index contributed by atoms with van der Waals surface area (Å²) >= 11 is 5.95. The van der Waals surface area contributed by atoms with Crippen LogP contribution in [0.15, 0.2) is 53.8 Å². The third-order valence-electron chi connectivity index (χ3n) is 4.35. The Balaban J connectivity index is 1.71. The number of nitrogens with one attached hydrogen (secondary N) is 2. The zero-order valence-electron chi connectivity index (χ0n) is 14.4. The highest BCUT2D eigenvalue weighted by molar-refractivity contribution is 6.33. The van der Waals surface area contributed by atoms with Gasteiger partial charge in [-0.1, -0.05) is 29.8 Å². The maximum atomic E-state index is 12.9. The molecule has 0 aliphatic carbocycles. The first kappa shape index (κ1) is 19.5. The van der Waals surface area contributed by atoms with Crippen LogP contribution in [-0.4, -0.2) is 37.0 Å². The van der Waals surface area contributed by atoms with Crippen molar-refractivity contribution in [3.05, 3.63) is 64.4 Å². The fraction of sp³-hybridized carbons (Fsp3) is 0.316. The molecule has 1 amide bonds. The number of hydrogen-bond donors (Lipinski definition) is 2. The molecule has 0 fully saturated rings. The van der Waals surface area contributed by atoms with Crippen molar-refractivity contribution in [2.24, 2.45) is 0 Å². The first-order valence-electron chi connectivity index (χ1n) is 8.53. The summed E-state index contributed by atoms with van der Waals surface area (Å²) in [6.45, 7) is 2.22. The van der Waals surface area contributed by atoms with Crippen LogP contribution in [0.3, 0.4) is 0 Å². The average molecular weight is 398 g/mol. The molecular formula is C19H19ClF3N3O. The van der Waals surface area contributed by atoms with Gasteiger partial charge in [-0.05, 0) is 42.8 Å². The number of benzene rings is 1. The smallest absolute Gasteiger partial charge is 0.358 e. The number of hydrogen-bond acceptors (Lipinski definition) is 3. The van der Waals surface area contributed by atoms with E-state index in [9.17, 15) is 18.0 Å². The van der Waals surface area contributed by atoms with Gasteiger partial charge in [-0.3, -0.25) is 4.79 Å². The first-order valence-corrected chi connectivity index (χ1v) is 8.91. The molecule has 0 aromatic heterocycles. The minimum Gasteiger partial charge on any atom is -0.358 e. The average Bonchev–Trinajstić information content (AvgIpc) is 2.64. The van der Waals surface area contributed by atoms with Gasteiger partial charge in [-0.25, -0.2) is 0 Å². The van der Waals surface area contributed by atoms with E-state index < -0.39 is 17.6 Å². The Kier molecular flexibility index (Phi) is 5.92. The summed E-state index contributed by atoms with van der Waals surface area (Å²) in [5.41, 5.74) is 1.21. The second-order valence-corrected chi connectivity index (χ2v) is 6.69. The van der Waals surface area contributed by atoms with E-state index >= 15 is 0 Å². The molecule has 27 heavy (non-hydrogen) atoms. The van der Waals surface area contributed by atoms with Gasteiger partial charge in [0.15, 0.2) is 0 Å². The molecule has 4 nitrogen and oxygen atoms in total. The lowest BCUT2D eigenvalue weighted by Gasteiger charge is -2.30. The van der Waals surface area contributed by atoms with E-state index in [0.717, 1.165) is 49.0 Å². The summed E-state index contributed by atoms with van der Waals surface area (Å²) in [7, 11) is 0.